The molecule has 0 aliphatic rings. The molecule has 7 nitrogen and oxygen atoms in total. The lowest BCUT2D eigenvalue weighted by molar-refractivity contribution is 0.201. The minimum atomic E-state index is -1.09. The molecule has 0 fully saturated rings. The zero-order valence-electron chi connectivity index (χ0n) is 17.8. The second-order valence-electron chi connectivity index (χ2n) is 7.59. The van der Waals surface area contributed by atoms with Crippen LogP contribution in [0.1, 0.15) is 19.4 Å². The SMILES string of the molecule is CC(C)NCCN(C(=O)O)c1cccc(Cn2nc(-c3cc(F)cc(F)c3)ccc2=O)c1. The van der Waals surface area contributed by atoms with Gasteiger partial charge in [-0.2, -0.15) is 5.10 Å². The molecule has 2 aromatic carbocycles. The highest BCUT2D eigenvalue weighted by molar-refractivity contribution is 5.86. The van der Waals surface area contributed by atoms with Crippen molar-refractivity contribution < 1.29 is 18.7 Å². The van der Waals surface area contributed by atoms with Gasteiger partial charge in [0.05, 0.1) is 12.2 Å². The number of anilines is 1. The summed E-state index contributed by atoms with van der Waals surface area (Å²) < 4.78 is 28.3. The standard InChI is InChI=1S/C23H24F2N4O3/c1-15(2)26-8-9-28(23(31)32)20-5-3-4-16(10-20)14-29-22(30)7-6-21(27-29)17-11-18(24)13-19(25)12-17/h3-7,10-13,15,26H,8-9,14H2,1-2H3,(H,31,32). The van der Waals surface area contributed by atoms with E-state index in [1.165, 1.54) is 21.7 Å². The predicted molar refractivity (Wildman–Crippen MR) is 118 cm³/mol. The van der Waals surface area contributed by atoms with Gasteiger partial charge in [0.2, 0.25) is 0 Å². The molecule has 0 bridgehead atoms. The molecule has 0 saturated carbocycles. The lowest BCUT2D eigenvalue weighted by Gasteiger charge is -2.21. The van der Waals surface area contributed by atoms with Crippen molar-refractivity contribution in [2.24, 2.45) is 0 Å². The molecule has 0 unspecified atom stereocenters. The number of hydrogen-bond donors (Lipinski definition) is 2. The number of hydrogen-bond acceptors (Lipinski definition) is 4. The van der Waals surface area contributed by atoms with Gasteiger partial charge in [0, 0.05) is 42.5 Å². The third-order valence-electron chi connectivity index (χ3n) is 4.70. The lowest BCUT2D eigenvalue weighted by atomic mass is 10.1. The highest BCUT2D eigenvalue weighted by Crippen LogP contribution is 2.20. The van der Waals surface area contributed by atoms with E-state index in [9.17, 15) is 23.5 Å². The molecule has 0 radical (unpaired) electrons. The van der Waals surface area contributed by atoms with Gasteiger partial charge in [0.1, 0.15) is 11.6 Å². The van der Waals surface area contributed by atoms with E-state index in [4.69, 9.17) is 0 Å². The van der Waals surface area contributed by atoms with Gasteiger partial charge in [-0.25, -0.2) is 18.3 Å². The number of aromatic nitrogens is 2. The number of nitrogens with one attached hydrogen (secondary N) is 1. The van der Waals surface area contributed by atoms with E-state index in [2.05, 4.69) is 10.4 Å². The summed E-state index contributed by atoms with van der Waals surface area (Å²) >= 11 is 0. The molecular formula is C23H24F2N4O3. The number of halogens is 2. The van der Waals surface area contributed by atoms with Crippen LogP contribution < -0.4 is 15.8 Å². The van der Waals surface area contributed by atoms with Crippen LogP contribution in [0.2, 0.25) is 0 Å². The Balaban J connectivity index is 1.86. The van der Waals surface area contributed by atoms with Crippen molar-refractivity contribution in [1.82, 2.24) is 15.1 Å². The van der Waals surface area contributed by atoms with Crippen LogP contribution in [0.25, 0.3) is 11.3 Å². The number of rotatable bonds is 8. The van der Waals surface area contributed by atoms with Crippen LogP contribution in [0.15, 0.2) is 59.4 Å². The van der Waals surface area contributed by atoms with Crippen LogP contribution >= 0.6 is 0 Å². The van der Waals surface area contributed by atoms with Crippen molar-refractivity contribution >= 4 is 11.8 Å². The molecule has 32 heavy (non-hydrogen) atoms. The minimum Gasteiger partial charge on any atom is -0.465 e. The third-order valence-corrected chi connectivity index (χ3v) is 4.70. The Labute approximate surface area is 183 Å². The normalized spacial score (nSPS) is 11.0. The summed E-state index contributed by atoms with van der Waals surface area (Å²) in [5, 5.41) is 17.0. The minimum absolute atomic E-state index is 0.0655. The molecule has 1 aromatic heterocycles. The number of carboxylic acid groups (broad SMARTS) is 1. The number of benzene rings is 2. The van der Waals surface area contributed by atoms with Crippen LogP contribution in [0.3, 0.4) is 0 Å². The molecule has 2 N–H and O–H groups in total. The van der Waals surface area contributed by atoms with E-state index < -0.39 is 23.3 Å². The number of nitrogens with zero attached hydrogens (tertiary/aromatic N) is 3. The first-order valence-corrected chi connectivity index (χ1v) is 10.1. The summed E-state index contributed by atoms with van der Waals surface area (Å²) in [6.07, 6.45) is -1.09. The summed E-state index contributed by atoms with van der Waals surface area (Å²) in [4.78, 5) is 25.3. The van der Waals surface area contributed by atoms with Crippen molar-refractivity contribution in [3.63, 3.8) is 0 Å². The lowest BCUT2D eigenvalue weighted by Crippen LogP contribution is -2.38. The van der Waals surface area contributed by atoms with Crippen molar-refractivity contribution in [3.8, 4) is 11.3 Å². The molecule has 9 heteroatoms. The summed E-state index contributed by atoms with van der Waals surface area (Å²) in [6.45, 7) is 4.76. The fourth-order valence-electron chi connectivity index (χ4n) is 3.21. The van der Waals surface area contributed by atoms with E-state index in [1.807, 2.05) is 13.8 Å². The van der Waals surface area contributed by atoms with Gasteiger partial charge in [0.25, 0.3) is 5.56 Å². The Morgan fingerprint density at radius 1 is 1.12 bits per heavy atom. The Morgan fingerprint density at radius 2 is 1.84 bits per heavy atom. The smallest absolute Gasteiger partial charge is 0.411 e. The zero-order valence-corrected chi connectivity index (χ0v) is 17.8. The van der Waals surface area contributed by atoms with Crippen molar-refractivity contribution in [2.75, 3.05) is 18.0 Å². The van der Waals surface area contributed by atoms with Crippen LogP contribution in [0.5, 0.6) is 0 Å². The molecule has 3 rings (SSSR count). The molecule has 0 atom stereocenters. The fraction of sp³-hybridized carbons (Fsp3) is 0.261. The summed E-state index contributed by atoms with van der Waals surface area (Å²) in [5.74, 6) is -1.49. The number of amides is 1. The average Bonchev–Trinajstić information content (AvgIpc) is 2.72. The van der Waals surface area contributed by atoms with E-state index in [0.29, 0.717) is 17.8 Å². The van der Waals surface area contributed by atoms with Crippen molar-refractivity contribution in [2.45, 2.75) is 26.4 Å². The van der Waals surface area contributed by atoms with Gasteiger partial charge < -0.3 is 10.4 Å². The molecule has 1 heterocycles. The van der Waals surface area contributed by atoms with Crippen molar-refractivity contribution in [1.29, 1.82) is 0 Å². The largest absolute Gasteiger partial charge is 0.465 e. The summed E-state index contributed by atoms with van der Waals surface area (Å²) in [6, 6.07) is 12.7. The molecular weight excluding hydrogens is 418 g/mol. The van der Waals surface area contributed by atoms with Gasteiger partial charge in [-0.1, -0.05) is 26.0 Å². The molecule has 1 amide bonds. The van der Waals surface area contributed by atoms with Gasteiger partial charge in [-0.05, 0) is 35.9 Å². The van der Waals surface area contributed by atoms with Crippen LogP contribution in [-0.4, -0.2) is 40.1 Å². The first kappa shape index (κ1) is 23.1. The Morgan fingerprint density at radius 3 is 2.50 bits per heavy atom. The maximum atomic E-state index is 13.6. The van der Waals surface area contributed by atoms with E-state index >= 15 is 0 Å². The van der Waals surface area contributed by atoms with Gasteiger partial charge >= 0.3 is 6.09 Å². The summed E-state index contributed by atoms with van der Waals surface area (Å²) in [7, 11) is 0. The number of carbonyl (C=O) groups is 1. The first-order chi connectivity index (χ1) is 15.2. The van der Waals surface area contributed by atoms with Crippen LogP contribution in [0, 0.1) is 11.6 Å². The summed E-state index contributed by atoms with van der Waals surface area (Å²) in [5.41, 5.74) is 1.18. The second kappa shape index (κ2) is 10.1. The molecule has 0 aliphatic carbocycles. The second-order valence-corrected chi connectivity index (χ2v) is 7.59. The Bertz CT molecular complexity index is 1140. The van der Waals surface area contributed by atoms with E-state index in [-0.39, 0.29) is 30.4 Å². The van der Waals surface area contributed by atoms with Gasteiger partial charge in [-0.3, -0.25) is 9.69 Å². The topological polar surface area (TPSA) is 87.5 Å². The molecule has 0 spiro atoms. The van der Waals surface area contributed by atoms with Crippen molar-refractivity contribution in [3.05, 3.63) is 82.1 Å². The highest BCUT2D eigenvalue weighted by atomic mass is 19.1. The van der Waals surface area contributed by atoms with Gasteiger partial charge in [-0.15, -0.1) is 0 Å². The molecule has 0 saturated heterocycles. The maximum absolute atomic E-state index is 13.6. The quantitative estimate of drug-likeness (QED) is 0.555. The zero-order chi connectivity index (χ0) is 23.3. The van der Waals surface area contributed by atoms with E-state index in [0.717, 1.165) is 18.2 Å². The van der Waals surface area contributed by atoms with Crippen LogP contribution in [0.4, 0.5) is 19.3 Å². The molecule has 0 aliphatic heterocycles. The highest BCUT2D eigenvalue weighted by Gasteiger charge is 2.15. The maximum Gasteiger partial charge on any atom is 0.411 e. The van der Waals surface area contributed by atoms with Gasteiger partial charge in [0.15, 0.2) is 0 Å². The third kappa shape index (κ3) is 5.98. The monoisotopic (exact) mass is 442 g/mol. The Kier molecular flexibility index (Phi) is 7.32. The average molecular weight is 442 g/mol. The molecule has 168 valence electrons. The Hall–Kier alpha value is -3.59. The fourth-order valence-corrected chi connectivity index (χ4v) is 3.21. The molecule has 3 aromatic rings. The first-order valence-electron chi connectivity index (χ1n) is 10.1. The predicted octanol–water partition coefficient (Wildman–Crippen LogP) is 3.72. The van der Waals surface area contributed by atoms with E-state index in [1.54, 1.807) is 24.3 Å². The van der Waals surface area contributed by atoms with Crippen LogP contribution in [-0.2, 0) is 6.54 Å².